The summed E-state index contributed by atoms with van der Waals surface area (Å²) < 4.78 is 5.23. The largest absolute Gasteiger partial charge is 0.496 e. The highest BCUT2D eigenvalue weighted by atomic mass is 35.5. The number of methoxy groups -OCH3 is 1. The van der Waals surface area contributed by atoms with E-state index < -0.39 is 0 Å². The number of anilines is 1. The first kappa shape index (κ1) is 15.5. The predicted octanol–water partition coefficient (Wildman–Crippen LogP) is 3.51. The van der Waals surface area contributed by atoms with Crippen LogP contribution in [0.3, 0.4) is 0 Å². The Bertz CT molecular complexity index is 675. The molecule has 2 aromatic rings. The first-order valence-corrected chi connectivity index (χ1v) is 6.93. The van der Waals surface area contributed by atoms with Gasteiger partial charge in [0.2, 0.25) is 0 Å². The molecule has 0 atom stereocenters. The summed E-state index contributed by atoms with van der Waals surface area (Å²) in [6, 6.07) is 10.0. The third-order valence-corrected chi connectivity index (χ3v) is 3.64. The third-order valence-electron chi connectivity index (χ3n) is 2.96. The molecule has 2 aromatic carbocycles. The van der Waals surface area contributed by atoms with E-state index in [-0.39, 0.29) is 12.5 Å². The van der Waals surface area contributed by atoms with Gasteiger partial charge in [0.25, 0.3) is 5.91 Å². The Kier molecular flexibility index (Phi) is 4.94. The van der Waals surface area contributed by atoms with Crippen LogP contribution in [0, 0.1) is 0 Å². The van der Waals surface area contributed by atoms with Gasteiger partial charge >= 0.3 is 0 Å². The molecule has 0 saturated heterocycles. The number of benzene rings is 2. The topological polar surface area (TPSA) is 64.3 Å². The molecule has 0 aliphatic carbocycles. The number of rotatable bonds is 4. The van der Waals surface area contributed by atoms with Gasteiger partial charge in [-0.2, -0.15) is 0 Å². The fourth-order valence-corrected chi connectivity index (χ4v) is 2.32. The molecule has 0 unspecified atom stereocenters. The van der Waals surface area contributed by atoms with E-state index in [0.717, 1.165) is 0 Å². The SMILES string of the molecule is COc1cccc(Cl)c1CNC(=O)c1cc(N)ccc1Cl. The van der Waals surface area contributed by atoms with Gasteiger partial charge in [0.05, 0.1) is 17.7 Å². The van der Waals surface area contributed by atoms with E-state index in [9.17, 15) is 4.79 Å². The number of amides is 1. The predicted molar refractivity (Wildman–Crippen MR) is 85.0 cm³/mol. The van der Waals surface area contributed by atoms with E-state index in [1.807, 2.05) is 0 Å². The molecular weight excluding hydrogens is 311 g/mol. The van der Waals surface area contributed by atoms with Gasteiger partial charge in [0.1, 0.15) is 5.75 Å². The van der Waals surface area contributed by atoms with Crippen molar-refractivity contribution in [2.45, 2.75) is 6.54 Å². The van der Waals surface area contributed by atoms with Gasteiger partial charge in [-0.25, -0.2) is 0 Å². The van der Waals surface area contributed by atoms with Crippen molar-refractivity contribution in [2.24, 2.45) is 0 Å². The highest BCUT2D eigenvalue weighted by Crippen LogP contribution is 2.26. The monoisotopic (exact) mass is 324 g/mol. The van der Waals surface area contributed by atoms with Crippen LogP contribution < -0.4 is 15.8 Å². The Morgan fingerprint density at radius 2 is 2.00 bits per heavy atom. The molecule has 2 rings (SSSR count). The van der Waals surface area contributed by atoms with Crippen molar-refractivity contribution in [3.63, 3.8) is 0 Å². The molecule has 1 amide bonds. The van der Waals surface area contributed by atoms with E-state index in [4.69, 9.17) is 33.7 Å². The van der Waals surface area contributed by atoms with Crippen molar-refractivity contribution >= 4 is 34.8 Å². The number of nitrogens with two attached hydrogens (primary N) is 1. The van der Waals surface area contributed by atoms with Crippen LogP contribution in [0.5, 0.6) is 5.75 Å². The molecule has 0 aromatic heterocycles. The summed E-state index contributed by atoms with van der Waals surface area (Å²) in [5.74, 6) is 0.288. The fraction of sp³-hybridized carbons (Fsp3) is 0.133. The Morgan fingerprint density at radius 1 is 1.24 bits per heavy atom. The van der Waals surface area contributed by atoms with Crippen molar-refractivity contribution in [3.05, 3.63) is 57.6 Å². The summed E-state index contributed by atoms with van der Waals surface area (Å²) in [6.07, 6.45) is 0. The molecule has 6 heteroatoms. The lowest BCUT2D eigenvalue weighted by molar-refractivity contribution is 0.0951. The number of nitrogen functional groups attached to an aromatic ring is 1. The minimum absolute atomic E-state index is 0.229. The van der Waals surface area contributed by atoms with Crippen LogP contribution in [0.1, 0.15) is 15.9 Å². The summed E-state index contributed by atoms with van der Waals surface area (Å²) in [6.45, 7) is 0.229. The average Bonchev–Trinajstić information content (AvgIpc) is 2.47. The van der Waals surface area contributed by atoms with Crippen molar-refractivity contribution in [1.29, 1.82) is 0 Å². The summed E-state index contributed by atoms with van der Waals surface area (Å²) in [5, 5.41) is 3.62. The van der Waals surface area contributed by atoms with Gasteiger partial charge in [-0.15, -0.1) is 0 Å². The molecule has 3 N–H and O–H groups in total. The van der Waals surface area contributed by atoms with E-state index >= 15 is 0 Å². The molecule has 110 valence electrons. The van der Waals surface area contributed by atoms with Gasteiger partial charge in [-0.1, -0.05) is 29.3 Å². The van der Waals surface area contributed by atoms with E-state index in [1.54, 1.807) is 37.4 Å². The zero-order valence-corrected chi connectivity index (χ0v) is 12.8. The maximum atomic E-state index is 12.2. The molecular formula is C15H14Cl2N2O2. The van der Waals surface area contributed by atoms with Crippen LogP contribution in [-0.2, 0) is 6.54 Å². The molecule has 4 nitrogen and oxygen atoms in total. The lowest BCUT2D eigenvalue weighted by Gasteiger charge is -2.12. The zero-order chi connectivity index (χ0) is 15.4. The smallest absolute Gasteiger partial charge is 0.253 e. The minimum Gasteiger partial charge on any atom is -0.496 e. The van der Waals surface area contributed by atoms with Crippen molar-refractivity contribution in [2.75, 3.05) is 12.8 Å². The van der Waals surface area contributed by atoms with Gasteiger partial charge in [0, 0.05) is 22.8 Å². The van der Waals surface area contributed by atoms with Gasteiger partial charge in [0.15, 0.2) is 0 Å². The van der Waals surface area contributed by atoms with Gasteiger partial charge in [-0.05, 0) is 30.3 Å². The molecule has 0 aliphatic rings. The normalized spacial score (nSPS) is 10.2. The fourth-order valence-electron chi connectivity index (χ4n) is 1.88. The Morgan fingerprint density at radius 3 is 2.71 bits per heavy atom. The third kappa shape index (κ3) is 3.60. The van der Waals surface area contributed by atoms with Crippen molar-refractivity contribution in [3.8, 4) is 5.75 Å². The number of carbonyl (C=O) groups is 1. The first-order chi connectivity index (χ1) is 10.0. The number of nitrogens with one attached hydrogen (secondary N) is 1. The Labute approximate surface area is 132 Å². The highest BCUT2D eigenvalue weighted by Gasteiger charge is 2.13. The van der Waals surface area contributed by atoms with Crippen molar-refractivity contribution in [1.82, 2.24) is 5.32 Å². The quantitative estimate of drug-likeness (QED) is 0.846. The summed E-state index contributed by atoms with van der Waals surface area (Å²) in [7, 11) is 1.55. The number of halogens is 2. The van der Waals surface area contributed by atoms with E-state index in [0.29, 0.717) is 32.6 Å². The highest BCUT2D eigenvalue weighted by molar-refractivity contribution is 6.34. The summed E-state index contributed by atoms with van der Waals surface area (Å²) in [4.78, 5) is 12.2. The zero-order valence-electron chi connectivity index (χ0n) is 11.3. The number of carbonyl (C=O) groups excluding carboxylic acids is 1. The van der Waals surface area contributed by atoms with E-state index in [1.165, 1.54) is 6.07 Å². The molecule has 0 radical (unpaired) electrons. The molecule has 0 heterocycles. The van der Waals surface area contributed by atoms with Crippen LogP contribution in [-0.4, -0.2) is 13.0 Å². The lowest BCUT2D eigenvalue weighted by atomic mass is 10.1. The Balaban J connectivity index is 2.17. The second-order valence-electron chi connectivity index (χ2n) is 4.34. The summed E-state index contributed by atoms with van der Waals surface area (Å²) >= 11 is 12.1. The van der Waals surface area contributed by atoms with Crippen LogP contribution in [0.25, 0.3) is 0 Å². The first-order valence-electron chi connectivity index (χ1n) is 6.17. The maximum Gasteiger partial charge on any atom is 0.253 e. The molecule has 0 spiro atoms. The van der Waals surface area contributed by atoms with Crippen molar-refractivity contribution < 1.29 is 9.53 Å². The Hall–Kier alpha value is -1.91. The van der Waals surface area contributed by atoms with E-state index in [2.05, 4.69) is 5.32 Å². The van der Waals surface area contributed by atoms with Gasteiger partial charge in [-0.3, -0.25) is 4.79 Å². The maximum absolute atomic E-state index is 12.2. The molecule has 0 fully saturated rings. The molecule has 0 bridgehead atoms. The average molecular weight is 325 g/mol. The summed E-state index contributed by atoms with van der Waals surface area (Å²) in [5.41, 5.74) is 7.16. The van der Waals surface area contributed by atoms with Crippen LogP contribution in [0.4, 0.5) is 5.69 Å². The second-order valence-corrected chi connectivity index (χ2v) is 5.16. The minimum atomic E-state index is -0.325. The molecule has 21 heavy (non-hydrogen) atoms. The van der Waals surface area contributed by atoms with Crippen LogP contribution in [0.15, 0.2) is 36.4 Å². The standard InChI is InChI=1S/C15H14Cl2N2O2/c1-21-14-4-2-3-12(16)11(14)8-19-15(20)10-7-9(18)5-6-13(10)17/h2-7H,8,18H2,1H3,(H,19,20). The van der Waals surface area contributed by atoms with Gasteiger partial charge < -0.3 is 15.8 Å². The van der Waals surface area contributed by atoms with Crippen LogP contribution in [0.2, 0.25) is 10.0 Å². The molecule has 0 saturated carbocycles. The molecule has 0 aliphatic heterocycles. The van der Waals surface area contributed by atoms with Crippen LogP contribution >= 0.6 is 23.2 Å². The number of ether oxygens (including phenoxy) is 1. The second kappa shape index (κ2) is 6.70. The number of hydrogen-bond donors (Lipinski definition) is 2. The number of hydrogen-bond acceptors (Lipinski definition) is 3. The lowest BCUT2D eigenvalue weighted by Crippen LogP contribution is -2.23.